The zero-order valence-corrected chi connectivity index (χ0v) is 9.78. The first-order chi connectivity index (χ1) is 8.71. The molecule has 1 heterocycles. The fraction of sp³-hybridized carbons (Fsp3) is 0.500. The molecule has 1 fully saturated rings. The number of anilines is 1. The molecule has 1 nitrogen and oxygen atoms in total. The molecule has 1 aliphatic heterocycles. The minimum atomic E-state index is -4.85. The van der Waals surface area contributed by atoms with Gasteiger partial charge in [-0.3, -0.25) is 0 Å². The molecule has 1 aromatic carbocycles. The van der Waals surface area contributed by atoms with Gasteiger partial charge >= 0.3 is 6.18 Å². The number of nitrogens with zero attached hydrogens (tertiary/aromatic N) is 1. The second-order valence-electron chi connectivity index (χ2n) is 4.47. The van der Waals surface area contributed by atoms with E-state index in [1.54, 1.807) is 0 Å². The molecule has 0 atom stereocenters. The summed E-state index contributed by atoms with van der Waals surface area (Å²) in [6.45, 7) is -0.445. The fourth-order valence-electron chi connectivity index (χ4n) is 2.13. The van der Waals surface area contributed by atoms with Crippen molar-refractivity contribution in [3.8, 4) is 0 Å². The van der Waals surface area contributed by atoms with Crippen LogP contribution in [0.3, 0.4) is 0 Å². The van der Waals surface area contributed by atoms with E-state index in [0.717, 1.165) is 17.0 Å². The van der Waals surface area contributed by atoms with Crippen molar-refractivity contribution < 1.29 is 26.3 Å². The van der Waals surface area contributed by atoms with Crippen LogP contribution in [0.1, 0.15) is 18.4 Å². The maximum Gasteiger partial charge on any atom is 0.421 e. The highest BCUT2D eigenvalue weighted by atomic mass is 19.4. The van der Waals surface area contributed by atoms with Crippen molar-refractivity contribution in [1.82, 2.24) is 0 Å². The van der Waals surface area contributed by atoms with Crippen molar-refractivity contribution in [2.24, 2.45) is 0 Å². The van der Waals surface area contributed by atoms with Crippen molar-refractivity contribution in [3.05, 3.63) is 29.6 Å². The Morgan fingerprint density at radius 3 is 2.16 bits per heavy atom. The monoisotopic (exact) mass is 283 g/mol. The Kier molecular flexibility index (Phi) is 3.40. The molecule has 0 aromatic heterocycles. The molecule has 1 saturated heterocycles. The number of benzene rings is 1. The third-order valence-corrected chi connectivity index (χ3v) is 3.11. The van der Waals surface area contributed by atoms with Crippen LogP contribution >= 0.6 is 0 Å². The normalized spacial score (nSPS) is 19.6. The average molecular weight is 283 g/mol. The molecule has 0 spiro atoms. The Morgan fingerprint density at radius 1 is 1.05 bits per heavy atom. The lowest BCUT2D eigenvalue weighted by atomic mass is 10.0. The van der Waals surface area contributed by atoms with E-state index >= 15 is 0 Å². The van der Waals surface area contributed by atoms with E-state index in [9.17, 15) is 26.3 Å². The van der Waals surface area contributed by atoms with Crippen molar-refractivity contribution in [1.29, 1.82) is 0 Å². The summed E-state index contributed by atoms with van der Waals surface area (Å²) in [5, 5.41) is 0. The molecule has 1 aliphatic rings. The number of piperidine rings is 1. The second-order valence-corrected chi connectivity index (χ2v) is 4.47. The van der Waals surface area contributed by atoms with Gasteiger partial charge in [0.2, 0.25) is 0 Å². The van der Waals surface area contributed by atoms with Gasteiger partial charge in [-0.2, -0.15) is 13.2 Å². The van der Waals surface area contributed by atoms with Crippen LogP contribution in [-0.4, -0.2) is 19.0 Å². The lowest BCUT2D eigenvalue weighted by molar-refractivity contribution is -0.139. The Bertz CT molecular complexity index is 458. The van der Waals surface area contributed by atoms with Crippen LogP contribution in [0, 0.1) is 5.82 Å². The minimum Gasteiger partial charge on any atom is -0.371 e. The Labute approximate surface area is 105 Å². The van der Waals surface area contributed by atoms with Crippen LogP contribution in [0.2, 0.25) is 0 Å². The molecule has 0 bridgehead atoms. The molecule has 19 heavy (non-hydrogen) atoms. The van der Waals surface area contributed by atoms with E-state index < -0.39 is 36.3 Å². The van der Waals surface area contributed by atoms with Gasteiger partial charge in [-0.15, -0.1) is 0 Å². The molecule has 0 radical (unpaired) electrons. The van der Waals surface area contributed by atoms with Crippen LogP contribution in [0.15, 0.2) is 18.2 Å². The molecule has 0 unspecified atom stereocenters. The topological polar surface area (TPSA) is 3.24 Å². The predicted octanol–water partition coefficient (Wildman–Crippen LogP) is 4.08. The van der Waals surface area contributed by atoms with Gasteiger partial charge in [0.15, 0.2) is 0 Å². The summed E-state index contributed by atoms with van der Waals surface area (Å²) < 4.78 is 77.7. The molecule has 0 amide bonds. The van der Waals surface area contributed by atoms with E-state index in [4.69, 9.17) is 0 Å². The van der Waals surface area contributed by atoms with Gasteiger partial charge in [-0.05, 0) is 12.1 Å². The zero-order chi connectivity index (χ0) is 14.3. The summed E-state index contributed by atoms with van der Waals surface area (Å²) in [5.41, 5.74) is -1.76. The molecule has 106 valence electrons. The zero-order valence-electron chi connectivity index (χ0n) is 9.78. The van der Waals surface area contributed by atoms with Crippen LogP contribution in [0.5, 0.6) is 0 Å². The summed E-state index contributed by atoms with van der Waals surface area (Å²) in [6, 6.07) is 2.97. The lowest BCUT2D eigenvalue weighted by Gasteiger charge is -2.34. The fourth-order valence-corrected chi connectivity index (χ4v) is 2.13. The largest absolute Gasteiger partial charge is 0.421 e. The number of rotatable bonds is 1. The molecular formula is C12H11F6N. The smallest absolute Gasteiger partial charge is 0.371 e. The van der Waals surface area contributed by atoms with Gasteiger partial charge < -0.3 is 4.90 Å². The molecule has 7 heteroatoms. The van der Waals surface area contributed by atoms with E-state index in [0.29, 0.717) is 6.07 Å². The number of alkyl halides is 5. The highest BCUT2D eigenvalue weighted by Gasteiger charge is 2.40. The lowest BCUT2D eigenvalue weighted by Crippen LogP contribution is -2.40. The average Bonchev–Trinajstić information content (AvgIpc) is 2.26. The molecule has 1 aromatic rings. The number of halogens is 6. The molecule has 2 rings (SSSR count). The quantitative estimate of drug-likeness (QED) is 0.702. The predicted molar refractivity (Wildman–Crippen MR) is 57.8 cm³/mol. The van der Waals surface area contributed by atoms with Gasteiger partial charge in [0.05, 0.1) is 5.69 Å². The Morgan fingerprint density at radius 2 is 1.63 bits per heavy atom. The van der Waals surface area contributed by atoms with Gasteiger partial charge in [0.25, 0.3) is 5.92 Å². The summed E-state index contributed by atoms with van der Waals surface area (Å²) in [5.74, 6) is -4.25. The van der Waals surface area contributed by atoms with Crippen molar-refractivity contribution in [2.75, 3.05) is 18.0 Å². The van der Waals surface area contributed by atoms with Crippen molar-refractivity contribution in [3.63, 3.8) is 0 Å². The first kappa shape index (κ1) is 14.0. The highest BCUT2D eigenvalue weighted by Crippen LogP contribution is 2.40. The summed E-state index contributed by atoms with van der Waals surface area (Å²) in [4.78, 5) is 1.16. The number of hydrogen-bond donors (Lipinski definition) is 0. The van der Waals surface area contributed by atoms with Crippen LogP contribution < -0.4 is 4.90 Å². The van der Waals surface area contributed by atoms with Crippen molar-refractivity contribution >= 4 is 5.69 Å². The molecule has 0 N–H and O–H groups in total. The van der Waals surface area contributed by atoms with E-state index in [1.165, 1.54) is 0 Å². The van der Waals surface area contributed by atoms with Crippen molar-refractivity contribution in [2.45, 2.75) is 24.9 Å². The van der Waals surface area contributed by atoms with Crippen LogP contribution in [0.4, 0.5) is 32.0 Å². The first-order valence-electron chi connectivity index (χ1n) is 5.69. The maximum absolute atomic E-state index is 13.4. The third kappa shape index (κ3) is 2.96. The Balaban J connectivity index is 2.34. The first-order valence-corrected chi connectivity index (χ1v) is 5.69. The van der Waals surface area contributed by atoms with E-state index in [2.05, 4.69) is 0 Å². The van der Waals surface area contributed by atoms with E-state index in [1.807, 2.05) is 0 Å². The maximum atomic E-state index is 13.4. The SMILES string of the molecule is Fc1cccc(N2CCC(F)(F)CC2)c1C(F)(F)F. The molecule has 0 saturated carbocycles. The molecule has 0 aliphatic carbocycles. The number of hydrogen-bond acceptors (Lipinski definition) is 1. The summed E-state index contributed by atoms with van der Waals surface area (Å²) in [6.07, 6.45) is -5.90. The standard InChI is InChI=1S/C12H11F6N/c13-8-2-1-3-9(10(8)12(16,17)18)19-6-4-11(14,15)5-7-19/h1-3H,4-7H2. The van der Waals surface area contributed by atoms with Gasteiger partial charge in [-0.1, -0.05) is 6.07 Å². The van der Waals surface area contributed by atoms with Crippen LogP contribution in [-0.2, 0) is 6.18 Å². The Hall–Kier alpha value is -1.40. The third-order valence-electron chi connectivity index (χ3n) is 3.11. The van der Waals surface area contributed by atoms with Gasteiger partial charge in [0, 0.05) is 25.9 Å². The van der Waals surface area contributed by atoms with E-state index in [-0.39, 0.29) is 18.8 Å². The van der Waals surface area contributed by atoms with Gasteiger partial charge in [-0.25, -0.2) is 13.2 Å². The molecular weight excluding hydrogens is 272 g/mol. The van der Waals surface area contributed by atoms with Crippen LogP contribution in [0.25, 0.3) is 0 Å². The minimum absolute atomic E-state index is 0.223. The summed E-state index contributed by atoms with van der Waals surface area (Å²) >= 11 is 0. The highest BCUT2D eigenvalue weighted by molar-refractivity contribution is 5.56. The second kappa shape index (κ2) is 4.61. The summed E-state index contributed by atoms with van der Waals surface area (Å²) in [7, 11) is 0. The van der Waals surface area contributed by atoms with Gasteiger partial charge in [0.1, 0.15) is 11.4 Å².